The standard InChI is InChI=1S/C19H41NOSi/c1-14-13-17(16(3)15(14)2)22(10,20-18(4,5)6)12-11-21-19(7,8)9/h14-17,20H,11-13H2,1-10H3. The highest BCUT2D eigenvalue weighted by molar-refractivity contribution is 6.78. The lowest BCUT2D eigenvalue weighted by atomic mass is 9.94. The Morgan fingerprint density at radius 2 is 1.55 bits per heavy atom. The predicted octanol–water partition coefficient (Wildman–Crippen LogP) is 5.45. The van der Waals surface area contributed by atoms with Gasteiger partial charge in [0.25, 0.3) is 0 Å². The van der Waals surface area contributed by atoms with Crippen LogP contribution in [0, 0.1) is 17.8 Å². The molecule has 22 heavy (non-hydrogen) atoms. The highest BCUT2D eigenvalue weighted by Gasteiger charge is 2.48. The molecule has 0 heterocycles. The van der Waals surface area contributed by atoms with Gasteiger partial charge in [0.1, 0.15) is 8.24 Å². The SMILES string of the molecule is CC1CC([Si](C)(CCOC(C)(C)C)NC(C)(C)C)C(C)C1C. The molecule has 2 nitrogen and oxygen atoms in total. The van der Waals surface area contributed by atoms with Crippen molar-refractivity contribution >= 4 is 8.24 Å². The highest BCUT2D eigenvalue weighted by Crippen LogP contribution is 2.50. The van der Waals surface area contributed by atoms with Gasteiger partial charge in [0.15, 0.2) is 0 Å². The first-order valence-corrected chi connectivity index (χ1v) is 12.0. The molecule has 3 heteroatoms. The maximum absolute atomic E-state index is 6.08. The van der Waals surface area contributed by atoms with Crippen molar-refractivity contribution in [2.75, 3.05) is 6.61 Å². The average molecular weight is 328 g/mol. The molecule has 132 valence electrons. The third-order valence-corrected chi connectivity index (χ3v) is 10.6. The lowest BCUT2D eigenvalue weighted by Gasteiger charge is -2.43. The van der Waals surface area contributed by atoms with Crippen LogP contribution >= 0.6 is 0 Å². The van der Waals surface area contributed by atoms with E-state index < -0.39 is 8.24 Å². The Kier molecular flexibility index (Phi) is 6.37. The first kappa shape index (κ1) is 20.2. The van der Waals surface area contributed by atoms with Crippen molar-refractivity contribution in [3.63, 3.8) is 0 Å². The van der Waals surface area contributed by atoms with Crippen molar-refractivity contribution in [3.8, 4) is 0 Å². The molecule has 5 unspecified atom stereocenters. The second-order valence-electron chi connectivity index (χ2n) is 10.0. The van der Waals surface area contributed by atoms with E-state index in [1.807, 2.05) is 0 Å². The fourth-order valence-electron chi connectivity index (χ4n) is 4.32. The van der Waals surface area contributed by atoms with Crippen LogP contribution in [-0.4, -0.2) is 26.0 Å². The summed E-state index contributed by atoms with van der Waals surface area (Å²) < 4.78 is 6.08. The molecule has 1 saturated carbocycles. The molecule has 1 N–H and O–H groups in total. The van der Waals surface area contributed by atoms with Crippen molar-refractivity contribution in [2.24, 2.45) is 17.8 Å². The van der Waals surface area contributed by atoms with Gasteiger partial charge in [-0.3, -0.25) is 0 Å². The van der Waals surface area contributed by atoms with Gasteiger partial charge in [0.05, 0.1) is 5.60 Å². The molecule has 1 rings (SSSR count). The summed E-state index contributed by atoms with van der Waals surface area (Å²) in [6, 6.07) is 1.22. The second kappa shape index (κ2) is 6.94. The van der Waals surface area contributed by atoms with Gasteiger partial charge in [0.2, 0.25) is 0 Å². The normalized spacial score (nSPS) is 33.0. The molecule has 0 amide bonds. The fraction of sp³-hybridized carbons (Fsp3) is 1.00. The Balaban J connectivity index is 2.87. The zero-order valence-corrected chi connectivity index (χ0v) is 17.8. The lowest BCUT2D eigenvalue weighted by Crippen LogP contribution is -2.60. The van der Waals surface area contributed by atoms with Crippen LogP contribution in [0.25, 0.3) is 0 Å². The van der Waals surface area contributed by atoms with E-state index in [0.717, 1.165) is 29.9 Å². The topological polar surface area (TPSA) is 21.3 Å². The molecule has 0 aromatic heterocycles. The summed E-state index contributed by atoms with van der Waals surface area (Å²) >= 11 is 0. The van der Waals surface area contributed by atoms with Crippen LogP contribution in [0.15, 0.2) is 0 Å². The minimum absolute atomic E-state index is 0.0289. The number of hydrogen-bond acceptors (Lipinski definition) is 2. The van der Waals surface area contributed by atoms with Crippen molar-refractivity contribution in [1.82, 2.24) is 4.98 Å². The first-order valence-electron chi connectivity index (χ1n) is 9.18. The molecule has 0 radical (unpaired) electrons. The predicted molar refractivity (Wildman–Crippen MR) is 101 cm³/mol. The van der Waals surface area contributed by atoms with Gasteiger partial charge < -0.3 is 9.72 Å². The Labute approximate surface area is 140 Å². The van der Waals surface area contributed by atoms with Crippen LogP contribution in [-0.2, 0) is 4.74 Å². The molecular formula is C19H41NOSi. The summed E-state index contributed by atoms with van der Waals surface area (Å²) in [6.07, 6.45) is 1.39. The molecule has 0 bridgehead atoms. The highest BCUT2D eigenvalue weighted by atomic mass is 28.3. The summed E-state index contributed by atoms with van der Waals surface area (Å²) in [5, 5.41) is 0. The first-order chi connectivity index (χ1) is 9.75. The van der Waals surface area contributed by atoms with Gasteiger partial charge in [-0.2, -0.15) is 0 Å². The molecule has 5 atom stereocenters. The number of ether oxygens (including phenoxy) is 1. The van der Waals surface area contributed by atoms with Crippen LogP contribution < -0.4 is 4.98 Å². The lowest BCUT2D eigenvalue weighted by molar-refractivity contribution is 0.00448. The van der Waals surface area contributed by atoms with Gasteiger partial charge in [-0.15, -0.1) is 0 Å². The molecule has 0 saturated heterocycles. The fourth-order valence-corrected chi connectivity index (χ4v) is 9.60. The average Bonchev–Trinajstić information content (AvgIpc) is 2.53. The zero-order valence-electron chi connectivity index (χ0n) is 16.8. The van der Waals surface area contributed by atoms with E-state index in [0.29, 0.717) is 0 Å². The Morgan fingerprint density at radius 3 is 1.91 bits per heavy atom. The van der Waals surface area contributed by atoms with E-state index in [9.17, 15) is 0 Å². The largest absolute Gasteiger partial charge is 0.376 e. The van der Waals surface area contributed by atoms with Crippen molar-refractivity contribution in [2.45, 2.75) is 98.0 Å². The Hall–Kier alpha value is 0.137. The molecule has 1 aliphatic rings. The third-order valence-electron chi connectivity index (χ3n) is 5.62. The van der Waals surface area contributed by atoms with Gasteiger partial charge in [-0.1, -0.05) is 27.3 Å². The molecule has 1 fully saturated rings. The van der Waals surface area contributed by atoms with Crippen LogP contribution in [0.1, 0.15) is 68.7 Å². The second-order valence-corrected chi connectivity index (χ2v) is 14.4. The molecule has 0 aromatic rings. The van der Waals surface area contributed by atoms with Crippen molar-refractivity contribution in [3.05, 3.63) is 0 Å². The third kappa shape index (κ3) is 5.65. The summed E-state index contributed by atoms with van der Waals surface area (Å²) in [5.41, 5.74) is 1.02. The molecule has 0 aliphatic heterocycles. The number of rotatable bonds is 5. The van der Waals surface area contributed by atoms with E-state index in [1.54, 1.807) is 0 Å². The molecule has 1 aliphatic carbocycles. The van der Waals surface area contributed by atoms with Gasteiger partial charge in [-0.25, -0.2) is 0 Å². The van der Waals surface area contributed by atoms with Crippen molar-refractivity contribution < 1.29 is 4.74 Å². The minimum Gasteiger partial charge on any atom is -0.376 e. The van der Waals surface area contributed by atoms with E-state index >= 15 is 0 Å². The number of hydrogen-bond donors (Lipinski definition) is 1. The summed E-state index contributed by atoms with van der Waals surface area (Å²) in [4.78, 5) is 4.09. The van der Waals surface area contributed by atoms with Gasteiger partial charge in [0, 0.05) is 12.1 Å². The monoisotopic (exact) mass is 327 g/mol. The quantitative estimate of drug-likeness (QED) is 0.678. The maximum atomic E-state index is 6.08. The molecule has 0 spiro atoms. The van der Waals surface area contributed by atoms with Gasteiger partial charge in [-0.05, 0) is 77.3 Å². The van der Waals surface area contributed by atoms with E-state index in [2.05, 4.69) is 73.8 Å². The van der Waals surface area contributed by atoms with E-state index in [1.165, 1.54) is 12.5 Å². The summed E-state index contributed by atoms with van der Waals surface area (Å²) in [5.74, 6) is 2.54. The smallest absolute Gasteiger partial charge is 0.128 e. The minimum atomic E-state index is -1.57. The summed E-state index contributed by atoms with van der Waals surface area (Å²) in [7, 11) is -1.57. The molecular weight excluding hydrogens is 286 g/mol. The van der Waals surface area contributed by atoms with E-state index in [-0.39, 0.29) is 11.1 Å². The number of nitrogens with one attached hydrogen (secondary N) is 1. The Bertz CT molecular complexity index is 357. The summed E-state index contributed by atoms with van der Waals surface area (Å²) in [6.45, 7) is 24.3. The maximum Gasteiger partial charge on any atom is 0.128 e. The van der Waals surface area contributed by atoms with Crippen LogP contribution in [0.4, 0.5) is 0 Å². The van der Waals surface area contributed by atoms with E-state index in [4.69, 9.17) is 4.74 Å². The van der Waals surface area contributed by atoms with Crippen LogP contribution in [0.5, 0.6) is 0 Å². The van der Waals surface area contributed by atoms with Crippen LogP contribution in [0.2, 0.25) is 18.1 Å². The van der Waals surface area contributed by atoms with Crippen LogP contribution in [0.3, 0.4) is 0 Å². The van der Waals surface area contributed by atoms with Gasteiger partial charge >= 0.3 is 0 Å². The Morgan fingerprint density at radius 1 is 1.00 bits per heavy atom. The zero-order chi connectivity index (χ0) is 17.3. The van der Waals surface area contributed by atoms with Crippen molar-refractivity contribution in [1.29, 1.82) is 0 Å². The molecule has 0 aromatic carbocycles.